The van der Waals surface area contributed by atoms with Crippen LogP contribution >= 0.6 is 15.9 Å². The lowest BCUT2D eigenvalue weighted by Crippen LogP contribution is -2.55. The molecule has 16 heavy (non-hydrogen) atoms. The van der Waals surface area contributed by atoms with E-state index in [4.69, 9.17) is 0 Å². The molecule has 4 aliphatic carbocycles. The van der Waals surface area contributed by atoms with Gasteiger partial charge >= 0.3 is 5.97 Å². The van der Waals surface area contributed by atoms with Gasteiger partial charge in [0, 0.05) is 5.33 Å². The fourth-order valence-electron chi connectivity index (χ4n) is 5.20. The minimum atomic E-state index is -0.513. The van der Waals surface area contributed by atoms with Crippen molar-refractivity contribution in [3.63, 3.8) is 0 Å². The van der Waals surface area contributed by atoms with Gasteiger partial charge in [-0.05, 0) is 62.2 Å². The van der Waals surface area contributed by atoms with E-state index >= 15 is 0 Å². The van der Waals surface area contributed by atoms with Crippen molar-refractivity contribution in [2.75, 3.05) is 5.33 Å². The molecule has 0 aromatic carbocycles. The predicted octanol–water partition coefficient (Wildman–Crippen LogP) is 3.44. The summed E-state index contributed by atoms with van der Waals surface area (Å²) < 4.78 is 0. The van der Waals surface area contributed by atoms with Gasteiger partial charge in [-0.15, -0.1) is 0 Å². The molecule has 0 aliphatic heterocycles. The molecule has 0 unspecified atom stereocenters. The van der Waals surface area contributed by atoms with E-state index in [1.165, 1.54) is 25.7 Å². The van der Waals surface area contributed by atoms with Crippen molar-refractivity contribution in [2.45, 2.75) is 44.9 Å². The molecule has 4 bridgehead atoms. The molecule has 0 amide bonds. The van der Waals surface area contributed by atoms with Crippen molar-refractivity contribution in [3.05, 3.63) is 0 Å². The number of hydrogen-bond acceptors (Lipinski definition) is 1. The molecule has 4 fully saturated rings. The molecule has 0 spiro atoms. The van der Waals surface area contributed by atoms with Gasteiger partial charge < -0.3 is 5.11 Å². The minimum Gasteiger partial charge on any atom is -0.481 e. The van der Waals surface area contributed by atoms with E-state index < -0.39 is 5.97 Å². The van der Waals surface area contributed by atoms with Crippen LogP contribution in [0.4, 0.5) is 0 Å². The summed E-state index contributed by atoms with van der Waals surface area (Å²) in [5.41, 5.74) is 0.0260. The maximum absolute atomic E-state index is 11.6. The molecule has 0 saturated heterocycles. The molecule has 3 heteroatoms. The summed E-state index contributed by atoms with van der Waals surface area (Å²) in [6.07, 6.45) is 7.95. The van der Waals surface area contributed by atoms with E-state index in [1.54, 1.807) is 0 Å². The smallest absolute Gasteiger partial charge is 0.309 e. The summed E-state index contributed by atoms with van der Waals surface area (Å²) in [6.45, 7) is 0. The molecule has 90 valence electrons. The lowest BCUT2D eigenvalue weighted by molar-refractivity contribution is -0.174. The second-order valence-corrected chi connectivity index (χ2v) is 7.28. The highest BCUT2D eigenvalue weighted by atomic mass is 79.9. The summed E-state index contributed by atoms with van der Waals surface area (Å²) in [6, 6.07) is 0. The monoisotopic (exact) mass is 286 g/mol. The van der Waals surface area contributed by atoms with Gasteiger partial charge in [0.2, 0.25) is 0 Å². The predicted molar refractivity (Wildman–Crippen MR) is 65.6 cm³/mol. The Labute approximate surface area is 105 Å². The van der Waals surface area contributed by atoms with Gasteiger partial charge in [-0.1, -0.05) is 15.9 Å². The van der Waals surface area contributed by atoms with E-state index in [2.05, 4.69) is 15.9 Å². The molecule has 1 N–H and O–H groups in total. The van der Waals surface area contributed by atoms with Crippen molar-refractivity contribution in [1.29, 1.82) is 0 Å². The number of alkyl halides is 1. The Hall–Kier alpha value is -0.0500. The second kappa shape index (κ2) is 3.47. The van der Waals surface area contributed by atoms with Crippen LogP contribution in [0.25, 0.3) is 0 Å². The molecule has 0 aromatic heterocycles. The van der Waals surface area contributed by atoms with Crippen molar-refractivity contribution in [1.82, 2.24) is 0 Å². The molecular weight excluding hydrogens is 268 g/mol. The average molecular weight is 287 g/mol. The van der Waals surface area contributed by atoms with Crippen molar-refractivity contribution in [2.24, 2.45) is 22.7 Å². The van der Waals surface area contributed by atoms with Gasteiger partial charge in [-0.3, -0.25) is 4.79 Å². The Bertz CT molecular complexity index is 312. The van der Waals surface area contributed by atoms with Gasteiger partial charge in [0.25, 0.3) is 0 Å². The first-order valence-corrected chi connectivity index (χ1v) is 7.49. The van der Waals surface area contributed by atoms with Crippen LogP contribution in [0.15, 0.2) is 0 Å². The number of aliphatic carboxylic acids is 1. The van der Waals surface area contributed by atoms with Gasteiger partial charge in [-0.25, -0.2) is 0 Å². The maximum atomic E-state index is 11.6. The van der Waals surface area contributed by atoms with Crippen LogP contribution in [0.2, 0.25) is 0 Å². The zero-order valence-electron chi connectivity index (χ0n) is 9.54. The number of rotatable bonds is 3. The first-order valence-electron chi connectivity index (χ1n) is 6.37. The van der Waals surface area contributed by atoms with Gasteiger partial charge in [0.1, 0.15) is 0 Å². The zero-order valence-corrected chi connectivity index (χ0v) is 11.1. The van der Waals surface area contributed by atoms with Crippen LogP contribution in [0.3, 0.4) is 0 Å². The highest BCUT2D eigenvalue weighted by Gasteiger charge is 2.60. The van der Waals surface area contributed by atoms with Crippen molar-refractivity contribution in [3.8, 4) is 0 Å². The third-order valence-electron chi connectivity index (χ3n) is 5.26. The summed E-state index contributed by atoms with van der Waals surface area (Å²) in [5, 5.41) is 10.6. The molecule has 4 saturated carbocycles. The van der Waals surface area contributed by atoms with Crippen molar-refractivity contribution >= 4 is 21.9 Å². The molecule has 0 aromatic rings. The molecule has 2 nitrogen and oxygen atoms in total. The molecule has 4 rings (SSSR count). The fraction of sp³-hybridized carbons (Fsp3) is 0.923. The summed E-state index contributed by atoms with van der Waals surface area (Å²) in [4.78, 5) is 11.6. The van der Waals surface area contributed by atoms with Gasteiger partial charge in [0.05, 0.1) is 5.41 Å². The summed E-state index contributed by atoms with van der Waals surface area (Å²) in [5.74, 6) is 0.897. The third kappa shape index (κ3) is 1.47. The summed E-state index contributed by atoms with van der Waals surface area (Å²) >= 11 is 3.55. The average Bonchev–Trinajstić information content (AvgIpc) is 2.14. The SMILES string of the molecule is O=C(O)C12C[C@H]3C[C@@H](CC(CCBr)(C3)C1)C2. The highest BCUT2D eigenvalue weighted by Crippen LogP contribution is 2.66. The third-order valence-corrected chi connectivity index (χ3v) is 5.66. The van der Waals surface area contributed by atoms with E-state index in [-0.39, 0.29) is 5.41 Å². The molecule has 0 radical (unpaired) electrons. The minimum absolute atomic E-state index is 0.341. The molecule has 4 aliphatic rings. The fourth-order valence-corrected chi connectivity index (χ4v) is 6.04. The number of carboxylic acids is 1. The number of hydrogen-bond donors (Lipinski definition) is 1. The van der Waals surface area contributed by atoms with Crippen LogP contribution in [-0.4, -0.2) is 16.4 Å². The topological polar surface area (TPSA) is 37.3 Å². The van der Waals surface area contributed by atoms with Crippen molar-refractivity contribution < 1.29 is 9.90 Å². The van der Waals surface area contributed by atoms with Crippen LogP contribution in [0.5, 0.6) is 0 Å². The Balaban J connectivity index is 1.93. The second-order valence-electron chi connectivity index (χ2n) is 6.49. The largest absolute Gasteiger partial charge is 0.481 e. The van der Waals surface area contributed by atoms with E-state index in [1.807, 2.05) is 0 Å². The Morgan fingerprint density at radius 2 is 1.88 bits per heavy atom. The van der Waals surface area contributed by atoms with E-state index in [0.717, 1.165) is 24.6 Å². The van der Waals surface area contributed by atoms with Gasteiger partial charge in [0.15, 0.2) is 0 Å². The summed E-state index contributed by atoms with van der Waals surface area (Å²) in [7, 11) is 0. The Morgan fingerprint density at radius 3 is 2.38 bits per heavy atom. The van der Waals surface area contributed by atoms with Gasteiger partial charge in [-0.2, -0.15) is 0 Å². The normalized spacial score (nSPS) is 49.6. The first-order chi connectivity index (χ1) is 7.57. The number of halogens is 1. The lowest BCUT2D eigenvalue weighted by Gasteiger charge is -2.60. The first kappa shape index (κ1) is 11.1. The van der Waals surface area contributed by atoms with Crippen LogP contribution in [-0.2, 0) is 4.79 Å². The van der Waals surface area contributed by atoms with Crippen LogP contribution < -0.4 is 0 Å². The van der Waals surface area contributed by atoms with E-state index in [0.29, 0.717) is 17.3 Å². The standard InChI is InChI=1S/C13H19BrO2/c14-2-1-12-4-9-3-10(5-12)7-13(6-9,8-12)11(15)16/h9-10H,1-8H2,(H,15,16)/t9-,10-,12?,13?/m0/s1. The molecule has 0 heterocycles. The quantitative estimate of drug-likeness (QED) is 0.807. The Morgan fingerprint density at radius 1 is 1.25 bits per heavy atom. The van der Waals surface area contributed by atoms with Crippen LogP contribution in [0.1, 0.15) is 44.9 Å². The van der Waals surface area contributed by atoms with E-state index in [9.17, 15) is 9.90 Å². The Kier molecular flexibility index (Phi) is 2.40. The highest BCUT2D eigenvalue weighted by molar-refractivity contribution is 9.09. The maximum Gasteiger partial charge on any atom is 0.309 e. The molecular formula is C13H19BrO2. The molecule has 2 atom stereocenters. The lowest BCUT2D eigenvalue weighted by atomic mass is 9.43. The zero-order chi connectivity index (χ0) is 11.4. The number of carbonyl (C=O) groups is 1. The van der Waals surface area contributed by atoms with Crippen LogP contribution in [0, 0.1) is 22.7 Å². The number of carboxylic acid groups (broad SMARTS) is 1.